The average molecular weight is 249 g/mol. The first-order valence-corrected chi connectivity index (χ1v) is 6.23. The Morgan fingerprint density at radius 2 is 1.89 bits per heavy atom. The minimum absolute atomic E-state index is 0.143. The summed E-state index contributed by atoms with van der Waals surface area (Å²) in [6.45, 7) is 8.53. The van der Waals surface area contributed by atoms with E-state index in [-0.39, 0.29) is 17.3 Å². The van der Waals surface area contributed by atoms with Crippen molar-refractivity contribution in [1.29, 1.82) is 0 Å². The molecule has 0 heterocycles. The van der Waals surface area contributed by atoms with E-state index < -0.39 is 0 Å². The van der Waals surface area contributed by atoms with Crippen LogP contribution in [0.1, 0.15) is 39.7 Å². The molecule has 0 aliphatic rings. The van der Waals surface area contributed by atoms with E-state index in [9.17, 15) is 0 Å². The highest BCUT2D eigenvalue weighted by atomic mass is 16.4. The second kappa shape index (κ2) is 5.76. The summed E-state index contributed by atoms with van der Waals surface area (Å²) < 4.78 is 0. The van der Waals surface area contributed by atoms with E-state index in [1.807, 2.05) is 19.1 Å². The van der Waals surface area contributed by atoms with Gasteiger partial charge >= 0.3 is 0 Å². The number of rotatable bonds is 4. The lowest BCUT2D eigenvalue weighted by Gasteiger charge is -2.21. The molecule has 0 spiro atoms. The third-order valence-corrected chi connectivity index (χ3v) is 2.97. The molecule has 0 fully saturated rings. The molecule has 0 saturated carbocycles. The van der Waals surface area contributed by atoms with Crippen LogP contribution in [-0.2, 0) is 5.41 Å². The zero-order valence-corrected chi connectivity index (χ0v) is 11.6. The van der Waals surface area contributed by atoms with Crippen LogP contribution >= 0.6 is 0 Å². The van der Waals surface area contributed by atoms with Crippen LogP contribution in [0.15, 0.2) is 29.4 Å². The molecule has 1 atom stereocenters. The first kappa shape index (κ1) is 14.4. The van der Waals surface area contributed by atoms with Crippen LogP contribution < -0.4 is 11.1 Å². The minimum atomic E-state index is -0.143. The molecule has 1 rings (SSSR count). The summed E-state index contributed by atoms with van der Waals surface area (Å²) >= 11 is 0. The number of oxime groups is 1. The molecule has 0 aliphatic carbocycles. The van der Waals surface area contributed by atoms with Crippen molar-refractivity contribution in [3.63, 3.8) is 0 Å². The van der Waals surface area contributed by atoms with Crippen molar-refractivity contribution in [3.8, 4) is 0 Å². The Morgan fingerprint density at radius 1 is 1.33 bits per heavy atom. The largest absolute Gasteiger partial charge is 0.409 e. The van der Waals surface area contributed by atoms with Gasteiger partial charge in [0, 0.05) is 5.69 Å². The van der Waals surface area contributed by atoms with Gasteiger partial charge in [0.1, 0.15) is 0 Å². The zero-order valence-electron chi connectivity index (χ0n) is 11.6. The number of hydrogen-bond acceptors (Lipinski definition) is 3. The Hall–Kier alpha value is -1.71. The Kier molecular flexibility index (Phi) is 4.59. The van der Waals surface area contributed by atoms with Crippen molar-refractivity contribution >= 4 is 11.5 Å². The maximum atomic E-state index is 8.69. The fourth-order valence-corrected chi connectivity index (χ4v) is 1.72. The molecule has 0 aromatic heterocycles. The number of anilines is 1. The highest BCUT2D eigenvalue weighted by Gasteiger charge is 2.14. The lowest BCUT2D eigenvalue weighted by Crippen LogP contribution is -2.35. The molecule has 1 aromatic carbocycles. The van der Waals surface area contributed by atoms with Crippen molar-refractivity contribution < 1.29 is 5.21 Å². The van der Waals surface area contributed by atoms with Gasteiger partial charge in [0.15, 0.2) is 5.84 Å². The van der Waals surface area contributed by atoms with Crippen LogP contribution in [0.3, 0.4) is 0 Å². The molecule has 100 valence electrons. The zero-order chi connectivity index (χ0) is 13.8. The third kappa shape index (κ3) is 3.65. The quantitative estimate of drug-likeness (QED) is 0.332. The number of nitrogens with two attached hydrogens (primary N) is 1. The van der Waals surface area contributed by atoms with E-state index in [1.54, 1.807) is 0 Å². The van der Waals surface area contributed by atoms with Crippen molar-refractivity contribution in [1.82, 2.24) is 0 Å². The van der Waals surface area contributed by atoms with Gasteiger partial charge in [0.25, 0.3) is 0 Å². The summed E-state index contributed by atoms with van der Waals surface area (Å²) in [6, 6.07) is 8.10. The summed E-state index contributed by atoms with van der Waals surface area (Å²) in [5, 5.41) is 15.0. The van der Waals surface area contributed by atoms with Crippen LogP contribution in [0.5, 0.6) is 0 Å². The van der Waals surface area contributed by atoms with E-state index in [4.69, 9.17) is 10.9 Å². The number of nitrogens with one attached hydrogen (secondary N) is 1. The lowest BCUT2D eigenvalue weighted by molar-refractivity contribution is 0.316. The second-order valence-corrected chi connectivity index (χ2v) is 5.46. The normalized spacial score (nSPS) is 14.3. The highest BCUT2D eigenvalue weighted by Crippen LogP contribution is 2.23. The first-order chi connectivity index (χ1) is 8.38. The van der Waals surface area contributed by atoms with Crippen LogP contribution in [0.4, 0.5) is 5.69 Å². The molecule has 4 nitrogen and oxygen atoms in total. The van der Waals surface area contributed by atoms with E-state index in [0.29, 0.717) is 0 Å². The van der Waals surface area contributed by atoms with Gasteiger partial charge in [-0.2, -0.15) is 0 Å². The molecule has 4 N–H and O–H groups in total. The van der Waals surface area contributed by atoms with E-state index in [1.165, 1.54) is 5.56 Å². The smallest absolute Gasteiger partial charge is 0.161 e. The number of nitrogens with zero attached hydrogens (tertiary/aromatic N) is 1. The lowest BCUT2D eigenvalue weighted by atomic mass is 9.87. The fourth-order valence-electron chi connectivity index (χ4n) is 1.72. The predicted octanol–water partition coefficient (Wildman–Crippen LogP) is 2.92. The van der Waals surface area contributed by atoms with Crippen molar-refractivity contribution in [3.05, 3.63) is 29.8 Å². The van der Waals surface area contributed by atoms with Crippen LogP contribution in [0.2, 0.25) is 0 Å². The summed E-state index contributed by atoms with van der Waals surface area (Å²) in [6.07, 6.45) is 0.761. The Morgan fingerprint density at radius 3 is 2.28 bits per heavy atom. The topological polar surface area (TPSA) is 70.6 Å². The average Bonchev–Trinajstić information content (AvgIpc) is 2.34. The molecule has 4 heteroatoms. The molecule has 0 amide bonds. The molecular formula is C14H23N3O. The van der Waals surface area contributed by atoms with E-state index in [2.05, 4.69) is 43.4 Å². The second-order valence-electron chi connectivity index (χ2n) is 5.46. The molecule has 0 bridgehead atoms. The predicted molar refractivity (Wildman–Crippen MR) is 76.3 cm³/mol. The maximum absolute atomic E-state index is 8.69. The molecule has 18 heavy (non-hydrogen) atoms. The van der Waals surface area contributed by atoms with Gasteiger partial charge in [0.2, 0.25) is 0 Å². The Balaban J connectivity index is 2.80. The Labute approximate surface area is 109 Å². The van der Waals surface area contributed by atoms with Crippen LogP contribution in [-0.4, -0.2) is 17.1 Å². The van der Waals surface area contributed by atoms with Gasteiger partial charge in [-0.3, -0.25) is 0 Å². The van der Waals surface area contributed by atoms with Crippen molar-refractivity contribution in [2.24, 2.45) is 10.9 Å². The van der Waals surface area contributed by atoms with Crippen LogP contribution in [0.25, 0.3) is 0 Å². The monoisotopic (exact) mass is 249 g/mol. The third-order valence-electron chi connectivity index (χ3n) is 2.97. The summed E-state index contributed by atoms with van der Waals surface area (Å²) in [5.74, 6) is 0.206. The van der Waals surface area contributed by atoms with Gasteiger partial charge in [-0.05, 0) is 29.5 Å². The molecular weight excluding hydrogens is 226 g/mol. The van der Waals surface area contributed by atoms with E-state index in [0.717, 1.165) is 12.1 Å². The van der Waals surface area contributed by atoms with Gasteiger partial charge in [0.05, 0.1) is 6.04 Å². The fraction of sp³-hybridized carbons (Fsp3) is 0.500. The summed E-state index contributed by atoms with van der Waals surface area (Å²) in [4.78, 5) is 0. The Bertz CT molecular complexity index is 404. The molecule has 1 aromatic rings. The van der Waals surface area contributed by atoms with Gasteiger partial charge in [-0.25, -0.2) is 0 Å². The molecule has 0 saturated heterocycles. The van der Waals surface area contributed by atoms with Gasteiger partial charge in [-0.15, -0.1) is 0 Å². The van der Waals surface area contributed by atoms with Gasteiger partial charge < -0.3 is 16.3 Å². The SMILES string of the molecule is CCC(Nc1ccc(C(C)(C)C)cc1)C(N)=NO. The van der Waals surface area contributed by atoms with Gasteiger partial charge in [-0.1, -0.05) is 45.0 Å². The number of benzene rings is 1. The minimum Gasteiger partial charge on any atom is -0.409 e. The highest BCUT2D eigenvalue weighted by molar-refractivity contribution is 5.87. The number of hydrogen-bond donors (Lipinski definition) is 3. The van der Waals surface area contributed by atoms with Crippen molar-refractivity contribution in [2.75, 3.05) is 5.32 Å². The molecule has 1 unspecified atom stereocenters. The summed E-state index contributed by atoms with van der Waals surface area (Å²) in [5.41, 5.74) is 8.02. The van der Waals surface area contributed by atoms with Crippen LogP contribution in [0, 0.1) is 0 Å². The standard InChI is InChI=1S/C14H23N3O/c1-5-12(13(15)17-18)16-11-8-6-10(7-9-11)14(2,3)4/h6-9,12,16,18H,5H2,1-4H3,(H2,15,17). The number of amidine groups is 1. The molecule has 0 radical (unpaired) electrons. The van der Waals surface area contributed by atoms with Crippen molar-refractivity contribution in [2.45, 2.75) is 45.6 Å². The maximum Gasteiger partial charge on any atom is 0.161 e. The molecule has 0 aliphatic heterocycles. The first-order valence-electron chi connectivity index (χ1n) is 6.23. The van der Waals surface area contributed by atoms with E-state index >= 15 is 0 Å². The summed E-state index contributed by atoms with van der Waals surface area (Å²) in [7, 11) is 0.